The largest absolute Gasteiger partial charge is 0.390 e. The Kier molecular flexibility index (Phi) is 5.07. The van der Waals surface area contributed by atoms with Crippen LogP contribution in [0.4, 0.5) is 11.4 Å². The van der Waals surface area contributed by atoms with Crippen LogP contribution in [0.2, 0.25) is 0 Å². The van der Waals surface area contributed by atoms with Gasteiger partial charge in [0.05, 0.1) is 17.6 Å². The summed E-state index contributed by atoms with van der Waals surface area (Å²) in [4.78, 5) is 12.3. The van der Waals surface area contributed by atoms with E-state index in [1.54, 1.807) is 0 Å². The molecule has 1 aromatic carbocycles. The Hall–Kier alpha value is -2.45. The van der Waals surface area contributed by atoms with Gasteiger partial charge in [-0.15, -0.1) is 0 Å². The van der Waals surface area contributed by atoms with Crippen LogP contribution in [0.15, 0.2) is 42.7 Å². The van der Waals surface area contributed by atoms with E-state index in [9.17, 15) is 15.2 Å². The lowest BCUT2D eigenvalue weighted by atomic mass is 10.2. The number of nitro groups is 1. The second-order valence-corrected chi connectivity index (χ2v) is 6.09. The predicted octanol–water partition coefficient (Wildman–Crippen LogP) is 1.34. The maximum atomic E-state index is 10.6. The van der Waals surface area contributed by atoms with E-state index in [0.717, 1.165) is 25.2 Å². The average Bonchev–Trinajstić information content (AvgIpc) is 3.18. The van der Waals surface area contributed by atoms with Crippen LogP contribution in [0.25, 0.3) is 0 Å². The van der Waals surface area contributed by atoms with E-state index in [4.69, 9.17) is 0 Å². The summed E-state index contributed by atoms with van der Waals surface area (Å²) < 4.78 is 1.42. The first kappa shape index (κ1) is 16.4. The monoisotopic (exact) mass is 331 g/mol. The number of rotatable bonds is 7. The Morgan fingerprint density at radius 1 is 1.38 bits per heavy atom. The molecule has 1 aliphatic rings. The number of hydrogen-bond donors (Lipinski definition) is 2. The van der Waals surface area contributed by atoms with Gasteiger partial charge < -0.3 is 10.4 Å². The maximum Gasteiger partial charge on any atom is 0.306 e. The van der Waals surface area contributed by atoms with Gasteiger partial charge in [0.25, 0.3) is 0 Å². The highest BCUT2D eigenvalue weighted by Crippen LogP contribution is 2.16. The Morgan fingerprint density at radius 2 is 2.17 bits per heavy atom. The first-order chi connectivity index (χ1) is 11.6. The van der Waals surface area contributed by atoms with Crippen molar-refractivity contribution in [3.8, 4) is 0 Å². The minimum absolute atomic E-state index is 0.0597. The lowest BCUT2D eigenvalue weighted by molar-refractivity contribution is -0.385. The third-order valence-corrected chi connectivity index (χ3v) is 4.11. The summed E-state index contributed by atoms with van der Waals surface area (Å²) in [6, 6.07) is 10.4. The number of aliphatic hydroxyl groups is 1. The van der Waals surface area contributed by atoms with E-state index in [-0.39, 0.29) is 12.2 Å². The summed E-state index contributed by atoms with van der Waals surface area (Å²) in [5.74, 6) is 0. The molecule has 2 aromatic rings. The van der Waals surface area contributed by atoms with Gasteiger partial charge in [0.15, 0.2) is 0 Å². The number of anilines is 1. The molecular weight excluding hydrogens is 310 g/mol. The topological polar surface area (TPSA) is 96.5 Å². The molecule has 0 amide bonds. The Labute approximate surface area is 139 Å². The molecule has 0 radical (unpaired) electrons. The van der Waals surface area contributed by atoms with Gasteiger partial charge in [-0.1, -0.05) is 18.2 Å². The summed E-state index contributed by atoms with van der Waals surface area (Å²) in [7, 11) is 0. The summed E-state index contributed by atoms with van der Waals surface area (Å²) in [5.41, 5.74) is 1.05. The van der Waals surface area contributed by atoms with Crippen molar-refractivity contribution in [3.63, 3.8) is 0 Å². The van der Waals surface area contributed by atoms with Crippen LogP contribution in [-0.4, -0.2) is 56.5 Å². The summed E-state index contributed by atoms with van der Waals surface area (Å²) in [5, 5.41) is 28.2. The SMILES string of the molecule is O=[N+]([O-])c1cnn(CC(O)CN2CCC(Nc3ccccc3)C2)c1. The molecule has 8 heteroatoms. The van der Waals surface area contributed by atoms with Gasteiger partial charge in [-0.05, 0) is 18.6 Å². The van der Waals surface area contributed by atoms with Crippen molar-refractivity contribution >= 4 is 11.4 Å². The average molecular weight is 331 g/mol. The molecular formula is C16H21N5O3. The molecule has 1 aliphatic heterocycles. The fourth-order valence-corrected chi connectivity index (χ4v) is 3.00. The number of nitrogens with zero attached hydrogens (tertiary/aromatic N) is 4. The van der Waals surface area contributed by atoms with Gasteiger partial charge >= 0.3 is 5.69 Å². The third-order valence-electron chi connectivity index (χ3n) is 4.11. The molecule has 0 saturated carbocycles. The molecule has 0 aliphatic carbocycles. The van der Waals surface area contributed by atoms with E-state index in [2.05, 4.69) is 15.3 Å². The van der Waals surface area contributed by atoms with Crippen molar-refractivity contribution in [1.82, 2.24) is 14.7 Å². The summed E-state index contributed by atoms with van der Waals surface area (Å²) >= 11 is 0. The maximum absolute atomic E-state index is 10.6. The smallest absolute Gasteiger partial charge is 0.306 e. The van der Waals surface area contributed by atoms with Crippen molar-refractivity contribution in [2.24, 2.45) is 0 Å². The molecule has 0 spiro atoms. The number of hydrogen-bond acceptors (Lipinski definition) is 6. The molecule has 1 saturated heterocycles. The number of nitrogens with one attached hydrogen (secondary N) is 1. The first-order valence-corrected chi connectivity index (χ1v) is 7.99. The molecule has 128 valence electrons. The van der Waals surface area contributed by atoms with E-state index >= 15 is 0 Å². The van der Waals surface area contributed by atoms with E-state index < -0.39 is 11.0 Å². The van der Waals surface area contributed by atoms with Crippen LogP contribution in [0, 0.1) is 10.1 Å². The summed E-state index contributed by atoms with van der Waals surface area (Å²) in [6.07, 6.45) is 2.95. The molecule has 2 unspecified atom stereocenters. The molecule has 1 aromatic heterocycles. The zero-order valence-corrected chi connectivity index (χ0v) is 13.3. The minimum Gasteiger partial charge on any atom is -0.390 e. The second-order valence-electron chi connectivity index (χ2n) is 6.09. The molecule has 24 heavy (non-hydrogen) atoms. The van der Waals surface area contributed by atoms with Gasteiger partial charge in [0.2, 0.25) is 0 Å². The van der Waals surface area contributed by atoms with Crippen molar-refractivity contribution in [2.45, 2.75) is 25.1 Å². The highest BCUT2D eigenvalue weighted by Gasteiger charge is 2.24. The van der Waals surface area contributed by atoms with E-state index in [1.807, 2.05) is 30.3 Å². The van der Waals surface area contributed by atoms with Gasteiger partial charge in [0.1, 0.15) is 12.4 Å². The fourth-order valence-electron chi connectivity index (χ4n) is 3.00. The lowest BCUT2D eigenvalue weighted by Crippen LogP contribution is -2.35. The van der Waals surface area contributed by atoms with Gasteiger partial charge in [0, 0.05) is 31.4 Å². The third kappa shape index (κ3) is 4.30. The van der Waals surface area contributed by atoms with Crippen molar-refractivity contribution in [3.05, 3.63) is 52.8 Å². The Balaban J connectivity index is 1.45. The van der Waals surface area contributed by atoms with E-state index in [0.29, 0.717) is 12.6 Å². The molecule has 2 atom stereocenters. The highest BCUT2D eigenvalue weighted by molar-refractivity contribution is 5.43. The zero-order chi connectivity index (χ0) is 16.9. The quantitative estimate of drug-likeness (QED) is 0.587. The van der Waals surface area contributed by atoms with Gasteiger partial charge in [-0.2, -0.15) is 5.10 Å². The number of para-hydroxylation sites is 1. The zero-order valence-electron chi connectivity index (χ0n) is 13.3. The Bertz CT molecular complexity index is 675. The number of benzene rings is 1. The Morgan fingerprint density at radius 3 is 2.88 bits per heavy atom. The number of β-amino-alcohol motifs (C(OH)–C–C–N with tert-alkyl or cyclic N) is 1. The molecule has 2 N–H and O–H groups in total. The highest BCUT2D eigenvalue weighted by atomic mass is 16.6. The molecule has 0 bridgehead atoms. The van der Waals surface area contributed by atoms with Crippen LogP contribution in [0.5, 0.6) is 0 Å². The number of aliphatic hydroxyl groups excluding tert-OH is 1. The van der Waals surface area contributed by atoms with Crippen molar-refractivity contribution < 1.29 is 10.0 Å². The predicted molar refractivity (Wildman–Crippen MR) is 89.8 cm³/mol. The van der Waals surface area contributed by atoms with Crippen LogP contribution >= 0.6 is 0 Å². The van der Waals surface area contributed by atoms with Crippen LogP contribution in [-0.2, 0) is 6.54 Å². The molecule has 2 heterocycles. The van der Waals surface area contributed by atoms with E-state index in [1.165, 1.54) is 17.1 Å². The second kappa shape index (κ2) is 7.41. The van der Waals surface area contributed by atoms with Crippen LogP contribution in [0.1, 0.15) is 6.42 Å². The van der Waals surface area contributed by atoms with Crippen LogP contribution in [0.3, 0.4) is 0 Å². The standard InChI is InChI=1S/C16H21N5O3/c22-16(12-20-10-15(8-17-20)21(23)24)11-19-7-6-14(9-19)18-13-4-2-1-3-5-13/h1-5,8,10,14,16,18,22H,6-7,9,11-12H2. The molecule has 3 rings (SSSR count). The minimum atomic E-state index is -0.611. The molecule has 1 fully saturated rings. The van der Waals surface area contributed by atoms with Crippen LogP contribution < -0.4 is 5.32 Å². The normalized spacial score (nSPS) is 19.3. The summed E-state index contributed by atoms with van der Waals surface area (Å²) in [6.45, 7) is 2.56. The van der Waals surface area contributed by atoms with Crippen molar-refractivity contribution in [1.29, 1.82) is 0 Å². The fraction of sp³-hybridized carbons (Fsp3) is 0.438. The number of aromatic nitrogens is 2. The van der Waals surface area contributed by atoms with Crippen molar-refractivity contribution in [2.75, 3.05) is 25.0 Å². The number of likely N-dealkylation sites (tertiary alicyclic amines) is 1. The van der Waals surface area contributed by atoms with Gasteiger partial charge in [-0.3, -0.25) is 19.7 Å². The lowest BCUT2D eigenvalue weighted by Gasteiger charge is -2.20. The molecule has 8 nitrogen and oxygen atoms in total. The first-order valence-electron chi connectivity index (χ1n) is 7.99. The van der Waals surface area contributed by atoms with Gasteiger partial charge in [-0.25, -0.2) is 0 Å².